The van der Waals surface area contributed by atoms with Crippen LogP contribution in [0, 0.1) is 11.8 Å². The summed E-state index contributed by atoms with van der Waals surface area (Å²) in [7, 11) is 0. The molecule has 3 nitrogen and oxygen atoms in total. The van der Waals surface area contributed by atoms with Crippen LogP contribution in [0.3, 0.4) is 0 Å². The van der Waals surface area contributed by atoms with E-state index in [2.05, 4.69) is 58.3 Å². The van der Waals surface area contributed by atoms with Crippen LogP contribution in [0.1, 0.15) is 67.7 Å². The minimum absolute atomic E-state index is 0.386. The summed E-state index contributed by atoms with van der Waals surface area (Å²) in [6, 6.07) is 0. The zero-order valence-electron chi connectivity index (χ0n) is 16.0. The van der Waals surface area contributed by atoms with Crippen LogP contribution in [0.4, 0.5) is 0 Å². The average molecular weight is 339 g/mol. The standard InChI is InChI=1S/C19H34N2OS/c1-9-12-13-23-19(14(4)5)21-20-17(8)18(22-11-3)16(7)15(6)10-2/h11,14-15H,3,9-10,12-13H2,1-2,4-8H3/b18-16-,20-17+,21-19+. The van der Waals surface area contributed by atoms with Gasteiger partial charge in [-0.05, 0) is 43.9 Å². The lowest BCUT2D eigenvalue weighted by Gasteiger charge is -2.15. The van der Waals surface area contributed by atoms with Gasteiger partial charge in [-0.2, -0.15) is 5.10 Å². The second-order valence-corrected chi connectivity index (χ2v) is 7.20. The Morgan fingerprint density at radius 1 is 1.17 bits per heavy atom. The van der Waals surface area contributed by atoms with Crippen molar-refractivity contribution in [3.05, 3.63) is 24.2 Å². The third-order valence-corrected chi connectivity index (χ3v) is 5.12. The number of rotatable bonds is 10. The number of allylic oxidation sites excluding steroid dienone is 2. The quantitative estimate of drug-likeness (QED) is 0.151. The molecule has 0 amide bonds. The molecule has 0 heterocycles. The van der Waals surface area contributed by atoms with Gasteiger partial charge >= 0.3 is 0 Å². The summed E-state index contributed by atoms with van der Waals surface area (Å²) in [6.45, 7) is 18.6. The van der Waals surface area contributed by atoms with Gasteiger partial charge in [0.1, 0.15) is 11.5 Å². The van der Waals surface area contributed by atoms with Crippen LogP contribution in [-0.2, 0) is 4.74 Å². The van der Waals surface area contributed by atoms with Crippen LogP contribution >= 0.6 is 11.8 Å². The van der Waals surface area contributed by atoms with Crippen molar-refractivity contribution in [1.82, 2.24) is 0 Å². The van der Waals surface area contributed by atoms with E-state index in [1.807, 2.05) is 6.92 Å². The molecule has 0 rings (SSSR count). The summed E-state index contributed by atoms with van der Waals surface area (Å²) in [5.41, 5.74) is 1.99. The molecule has 4 heteroatoms. The largest absolute Gasteiger partial charge is 0.464 e. The lowest BCUT2D eigenvalue weighted by Crippen LogP contribution is -2.08. The zero-order chi connectivity index (χ0) is 17.8. The Hall–Kier alpha value is -1.03. The summed E-state index contributed by atoms with van der Waals surface area (Å²) < 4.78 is 5.62. The lowest BCUT2D eigenvalue weighted by atomic mass is 9.97. The van der Waals surface area contributed by atoms with Crippen molar-refractivity contribution in [2.45, 2.75) is 67.7 Å². The van der Waals surface area contributed by atoms with E-state index in [4.69, 9.17) is 4.74 Å². The normalized spacial score (nSPS) is 15.5. The maximum Gasteiger partial charge on any atom is 0.148 e. The van der Waals surface area contributed by atoms with Crippen LogP contribution in [0.2, 0.25) is 0 Å². The maximum atomic E-state index is 5.62. The highest BCUT2D eigenvalue weighted by Gasteiger charge is 2.13. The highest BCUT2D eigenvalue weighted by atomic mass is 32.2. The third kappa shape index (κ3) is 8.40. The first kappa shape index (κ1) is 22.0. The van der Waals surface area contributed by atoms with Crippen LogP contribution < -0.4 is 0 Å². The first-order chi connectivity index (χ1) is 10.9. The molecule has 23 heavy (non-hydrogen) atoms. The second-order valence-electron chi connectivity index (χ2n) is 6.09. The molecule has 0 saturated carbocycles. The Balaban J connectivity index is 5.37. The van der Waals surface area contributed by atoms with Gasteiger partial charge in [0, 0.05) is 5.92 Å². The molecule has 0 aliphatic rings. The van der Waals surface area contributed by atoms with Gasteiger partial charge < -0.3 is 4.74 Å². The fourth-order valence-electron chi connectivity index (χ4n) is 1.88. The Bertz CT molecular complexity index is 450. The average Bonchev–Trinajstić information content (AvgIpc) is 2.53. The molecule has 0 aliphatic heterocycles. The van der Waals surface area contributed by atoms with Crippen molar-refractivity contribution in [2.24, 2.45) is 22.0 Å². The van der Waals surface area contributed by atoms with Crippen LogP contribution in [0.25, 0.3) is 0 Å². The van der Waals surface area contributed by atoms with Crippen molar-refractivity contribution in [3.63, 3.8) is 0 Å². The summed E-state index contributed by atoms with van der Waals surface area (Å²) >= 11 is 1.81. The summed E-state index contributed by atoms with van der Waals surface area (Å²) in [6.07, 6.45) is 4.94. The number of hydrogen-bond donors (Lipinski definition) is 0. The van der Waals surface area contributed by atoms with Gasteiger partial charge in [-0.3, -0.25) is 0 Å². The van der Waals surface area contributed by atoms with Gasteiger partial charge in [-0.1, -0.05) is 47.6 Å². The SMILES string of the molecule is C=COC(=C(/C)C(C)CC)/C(C)=N/N=C(/SCCCC)C(C)C. The number of hydrogen-bond acceptors (Lipinski definition) is 4. The van der Waals surface area contributed by atoms with Crippen molar-refractivity contribution in [1.29, 1.82) is 0 Å². The van der Waals surface area contributed by atoms with E-state index in [0.29, 0.717) is 11.8 Å². The van der Waals surface area contributed by atoms with Crippen molar-refractivity contribution in [2.75, 3.05) is 5.75 Å². The zero-order valence-corrected chi connectivity index (χ0v) is 16.8. The number of thioether (sulfide) groups is 1. The Kier molecular flexibility index (Phi) is 11.8. The second kappa shape index (κ2) is 12.4. The molecule has 0 saturated heterocycles. The molecular formula is C19H34N2OS. The number of nitrogens with zero attached hydrogens (tertiary/aromatic N) is 2. The lowest BCUT2D eigenvalue weighted by molar-refractivity contribution is 0.365. The molecule has 0 aromatic heterocycles. The molecule has 0 bridgehead atoms. The molecule has 1 unspecified atom stereocenters. The Morgan fingerprint density at radius 3 is 2.30 bits per heavy atom. The van der Waals surface area contributed by atoms with E-state index in [-0.39, 0.29) is 0 Å². The van der Waals surface area contributed by atoms with Crippen LogP contribution in [-0.4, -0.2) is 16.5 Å². The summed E-state index contributed by atoms with van der Waals surface area (Å²) in [4.78, 5) is 0. The summed E-state index contributed by atoms with van der Waals surface area (Å²) in [5, 5.41) is 10.00. The van der Waals surface area contributed by atoms with Crippen molar-refractivity contribution >= 4 is 22.5 Å². The van der Waals surface area contributed by atoms with E-state index >= 15 is 0 Å². The van der Waals surface area contributed by atoms with Gasteiger partial charge in [-0.15, -0.1) is 16.9 Å². The molecule has 0 radical (unpaired) electrons. The number of ether oxygens (including phenoxy) is 1. The van der Waals surface area contributed by atoms with Crippen molar-refractivity contribution in [3.8, 4) is 0 Å². The van der Waals surface area contributed by atoms with E-state index < -0.39 is 0 Å². The third-order valence-electron chi connectivity index (χ3n) is 3.78. The molecule has 0 aromatic rings. The molecule has 0 fully saturated rings. The van der Waals surface area contributed by atoms with Crippen LogP contribution in [0.5, 0.6) is 0 Å². The highest BCUT2D eigenvalue weighted by molar-refractivity contribution is 8.13. The molecular weight excluding hydrogens is 304 g/mol. The molecule has 1 atom stereocenters. The molecule has 0 aromatic carbocycles. The van der Waals surface area contributed by atoms with E-state index in [9.17, 15) is 0 Å². The maximum absolute atomic E-state index is 5.62. The van der Waals surface area contributed by atoms with Gasteiger partial charge in [0.2, 0.25) is 0 Å². The highest BCUT2D eigenvalue weighted by Crippen LogP contribution is 2.21. The van der Waals surface area contributed by atoms with Gasteiger partial charge in [0.15, 0.2) is 0 Å². The fraction of sp³-hybridized carbons (Fsp3) is 0.684. The smallest absolute Gasteiger partial charge is 0.148 e. The summed E-state index contributed by atoms with van der Waals surface area (Å²) in [5.74, 6) is 2.72. The van der Waals surface area contributed by atoms with Crippen molar-refractivity contribution < 1.29 is 4.74 Å². The predicted molar refractivity (Wildman–Crippen MR) is 106 cm³/mol. The van der Waals surface area contributed by atoms with E-state index in [1.165, 1.54) is 24.7 Å². The molecule has 132 valence electrons. The van der Waals surface area contributed by atoms with Crippen LogP contribution in [0.15, 0.2) is 34.4 Å². The number of unbranched alkanes of at least 4 members (excludes halogenated alkanes) is 1. The Morgan fingerprint density at radius 2 is 1.83 bits per heavy atom. The topological polar surface area (TPSA) is 34.0 Å². The monoisotopic (exact) mass is 338 g/mol. The Labute approximate surface area is 147 Å². The minimum atomic E-state index is 0.386. The predicted octanol–water partition coefficient (Wildman–Crippen LogP) is 6.43. The first-order valence-electron chi connectivity index (χ1n) is 8.62. The van der Waals surface area contributed by atoms with Gasteiger partial charge in [0.05, 0.1) is 11.3 Å². The van der Waals surface area contributed by atoms with E-state index in [1.54, 1.807) is 11.8 Å². The minimum Gasteiger partial charge on any atom is -0.464 e. The fourth-order valence-corrected chi connectivity index (χ4v) is 2.95. The molecule has 0 spiro atoms. The van der Waals surface area contributed by atoms with Gasteiger partial charge in [0.25, 0.3) is 0 Å². The molecule has 0 aliphatic carbocycles. The first-order valence-corrected chi connectivity index (χ1v) is 9.61. The van der Waals surface area contributed by atoms with E-state index in [0.717, 1.165) is 28.7 Å². The van der Waals surface area contributed by atoms with Gasteiger partial charge in [-0.25, -0.2) is 0 Å². The molecule has 0 N–H and O–H groups in total.